The van der Waals surface area contributed by atoms with Crippen molar-refractivity contribution in [3.05, 3.63) is 328 Å². The molecule has 456 valence electrons. The number of nitrogens with zero attached hydrogens (tertiary/aromatic N) is 6. The van der Waals surface area contributed by atoms with E-state index in [2.05, 4.69) is 270 Å². The van der Waals surface area contributed by atoms with Crippen molar-refractivity contribution in [3.63, 3.8) is 0 Å². The number of para-hydroxylation sites is 6. The smallest absolute Gasteiger partial charge is 0.235 e. The molecule has 0 aliphatic rings. The molecule has 0 saturated heterocycles. The van der Waals surface area contributed by atoms with Crippen LogP contribution in [0.4, 0.5) is 0 Å². The zero-order chi connectivity index (χ0) is 64.4. The standard InChI is InChI=1S/C48H29N3O.C42H25N3O/c1-2-10-33(11-3-1)47-37-13-4-7-15-41(37)49-48(50-47)51-42-16-8-5-14-38(42)46-39-28-34(23-22-32(39)24-26-43(46)51)30-18-20-31(21-19-30)35-25-27-45-40(29-35)36-12-6-9-17-44(36)52-45;1-4-10-36-31(7-1)25-43-42(44-36)45-37-11-5-2-9-33(37)41-34-23-29(18-17-28(34)19-21-38(41)45)26-13-15-27(16-14-26)30-20-22-40-35(24-30)32-8-3-6-12-39(32)46-40/h1-29H;1-25H. The lowest BCUT2D eigenvalue weighted by molar-refractivity contribution is 0.668. The van der Waals surface area contributed by atoms with Gasteiger partial charge in [-0.1, -0.05) is 237 Å². The summed E-state index contributed by atoms with van der Waals surface area (Å²) < 4.78 is 16.5. The van der Waals surface area contributed by atoms with Gasteiger partial charge in [0.05, 0.1) is 38.8 Å². The molecule has 6 aromatic heterocycles. The van der Waals surface area contributed by atoms with Crippen LogP contribution in [-0.2, 0) is 0 Å². The summed E-state index contributed by atoms with van der Waals surface area (Å²) in [7, 11) is 0. The molecule has 21 aromatic rings. The van der Waals surface area contributed by atoms with Crippen molar-refractivity contribution in [2.45, 2.75) is 0 Å². The molecule has 21 rings (SSSR count). The molecule has 8 heteroatoms. The fourth-order valence-corrected chi connectivity index (χ4v) is 14.9. The number of aromatic nitrogens is 6. The minimum absolute atomic E-state index is 0.663. The Kier molecular flexibility index (Phi) is 12.5. The van der Waals surface area contributed by atoms with Crippen LogP contribution >= 0.6 is 0 Å². The number of furan rings is 2. The van der Waals surface area contributed by atoms with E-state index < -0.39 is 0 Å². The van der Waals surface area contributed by atoms with Gasteiger partial charge in [0, 0.05) is 65.6 Å². The summed E-state index contributed by atoms with van der Waals surface area (Å²) in [4.78, 5) is 20.2. The molecule has 6 heterocycles. The van der Waals surface area contributed by atoms with Gasteiger partial charge in [-0.3, -0.25) is 9.13 Å². The van der Waals surface area contributed by atoms with Crippen molar-refractivity contribution in [3.8, 4) is 67.7 Å². The highest BCUT2D eigenvalue weighted by Crippen LogP contribution is 2.43. The maximum atomic E-state index is 6.07. The Morgan fingerprint density at radius 3 is 1.15 bits per heavy atom. The van der Waals surface area contributed by atoms with Gasteiger partial charge >= 0.3 is 0 Å². The number of benzene rings is 15. The van der Waals surface area contributed by atoms with Crippen molar-refractivity contribution in [2.24, 2.45) is 0 Å². The molecule has 8 nitrogen and oxygen atoms in total. The molecule has 0 amide bonds. The van der Waals surface area contributed by atoms with E-state index in [1.54, 1.807) is 0 Å². The molecule has 0 N–H and O–H groups in total. The Balaban J connectivity index is 0.000000134. The molecule has 0 bridgehead atoms. The van der Waals surface area contributed by atoms with Gasteiger partial charge in [-0.05, 0) is 151 Å². The third kappa shape index (κ3) is 9.00. The summed E-state index contributed by atoms with van der Waals surface area (Å²) in [5.41, 5.74) is 21.3. The van der Waals surface area contributed by atoms with E-state index in [0.29, 0.717) is 11.9 Å². The van der Waals surface area contributed by atoms with Gasteiger partial charge < -0.3 is 8.83 Å². The Morgan fingerprint density at radius 1 is 0.224 bits per heavy atom. The normalized spacial score (nSPS) is 11.9. The summed E-state index contributed by atoms with van der Waals surface area (Å²) in [5.74, 6) is 1.34. The van der Waals surface area contributed by atoms with E-state index in [-0.39, 0.29) is 0 Å². The lowest BCUT2D eigenvalue weighted by atomic mass is 9.96. The van der Waals surface area contributed by atoms with E-state index in [4.69, 9.17) is 28.8 Å². The summed E-state index contributed by atoms with van der Waals surface area (Å²) in [5, 5.41) is 16.2. The van der Waals surface area contributed by atoms with Crippen molar-refractivity contribution in [2.75, 3.05) is 0 Å². The van der Waals surface area contributed by atoms with E-state index in [1.807, 2.05) is 66.9 Å². The van der Waals surface area contributed by atoms with Crippen molar-refractivity contribution >= 4 is 131 Å². The summed E-state index contributed by atoms with van der Waals surface area (Å²) in [6.07, 6.45) is 1.91. The van der Waals surface area contributed by atoms with E-state index in [1.165, 1.54) is 87.6 Å². The zero-order valence-corrected chi connectivity index (χ0v) is 52.7. The fraction of sp³-hybridized carbons (Fsp3) is 0. The van der Waals surface area contributed by atoms with Gasteiger partial charge in [0.2, 0.25) is 11.9 Å². The van der Waals surface area contributed by atoms with Crippen LogP contribution in [0.25, 0.3) is 199 Å². The van der Waals surface area contributed by atoms with Gasteiger partial charge in [-0.2, -0.15) is 0 Å². The van der Waals surface area contributed by atoms with Crippen molar-refractivity contribution < 1.29 is 8.83 Å². The molecular weight excluding hydrogens is 1200 g/mol. The van der Waals surface area contributed by atoms with Crippen LogP contribution in [0.1, 0.15) is 0 Å². The van der Waals surface area contributed by atoms with Gasteiger partial charge in [0.15, 0.2) is 0 Å². The zero-order valence-electron chi connectivity index (χ0n) is 52.7. The average Bonchev–Trinajstić information content (AvgIpc) is 1.56. The minimum atomic E-state index is 0.663. The Bertz CT molecular complexity index is 6800. The highest BCUT2D eigenvalue weighted by molar-refractivity contribution is 6.23. The highest BCUT2D eigenvalue weighted by Gasteiger charge is 2.21. The van der Waals surface area contributed by atoms with Crippen molar-refractivity contribution in [1.29, 1.82) is 0 Å². The van der Waals surface area contributed by atoms with Crippen LogP contribution in [0.5, 0.6) is 0 Å². The largest absolute Gasteiger partial charge is 0.456 e. The second-order valence-corrected chi connectivity index (χ2v) is 25.3. The lowest BCUT2D eigenvalue weighted by Crippen LogP contribution is -2.03. The maximum Gasteiger partial charge on any atom is 0.235 e. The summed E-state index contributed by atoms with van der Waals surface area (Å²) in [6, 6.07) is 114. The summed E-state index contributed by atoms with van der Waals surface area (Å²) in [6.45, 7) is 0. The first kappa shape index (κ1) is 55.2. The molecule has 0 spiro atoms. The molecule has 0 atom stereocenters. The molecule has 0 fully saturated rings. The molecule has 0 unspecified atom stereocenters. The minimum Gasteiger partial charge on any atom is -0.456 e. The number of rotatable bonds is 7. The van der Waals surface area contributed by atoms with Crippen LogP contribution in [0.3, 0.4) is 0 Å². The number of fused-ring (bicyclic) bond motifs is 18. The second-order valence-electron chi connectivity index (χ2n) is 25.3. The number of hydrogen-bond acceptors (Lipinski definition) is 6. The van der Waals surface area contributed by atoms with Gasteiger partial charge in [0.1, 0.15) is 22.3 Å². The lowest BCUT2D eigenvalue weighted by Gasteiger charge is -2.12. The van der Waals surface area contributed by atoms with Crippen molar-refractivity contribution in [1.82, 2.24) is 29.1 Å². The Labute approximate surface area is 560 Å². The fourth-order valence-electron chi connectivity index (χ4n) is 14.9. The van der Waals surface area contributed by atoms with Crippen LogP contribution in [-0.4, -0.2) is 29.1 Å². The second kappa shape index (κ2) is 22.2. The molecule has 98 heavy (non-hydrogen) atoms. The Morgan fingerprint density at radius 2 is 0.612 bits per heavy atom. The highest BCUT2D eigenvalue weighted by atomic mass is 16.3. The third-order valence-corrected chi connectivity index (χ3v) is 19.7. The van der Waals surface area contributed by atoms with Crippen LogP contribution in [0, 0.1) is 0 Å². The first-order valence-electron chi connectivity index (χ1n) is 33.1. The molecule has 0 saturated carbocycles. The van der Waals surface area contributed by atoms with Gasteiger partial charge in [-0.25, -0.2) is 19.9 Å². The van der Waals surface area contributed by atoms with E-state index in [9.17, 15) is 0 Å². The first-order valence-corrected chi connectivity index (χ1v) is 33.1. The topological polar surface area (TPSA) is 87.7 Å². The summed E-state index contributed by atoms with van der Waals surface area (Å²) >= 11 is 0. The van der Waals surface area contributed by atoms with Crippen LogP contribution < -0.4 is 0 Å². The third-order valence-electron chi connectivity index (χ3n) is 19.7. The molecule has 0 radical (unpaired) electrons. The Hall–Kier alpha value is -13.3. The molecule has 0 aliphatic heterocycles. The van der Waals surface area contributed by atoms with Gasteiger partial charge in [0.25, 0.3) is 0 Å². The van der Waals surface area contributed by atoms with E-state index in [0.717, 1.165) is 99.0 Å². The van der Waals surface area contributed by atoms with Gasteiger partial charge in [-0.15, -0.1) is 0 Å². The SMILES string of the molecule is c1ccc(-c2nc(-n3c4ccccc4c4c5cc(-c6ccc(-c7ccc8oc9ccccc9c8c7)cc6)ccc5ccc43)nc3ccccc23)cc1.c1ccc2nc(-n3c4ccccc4c4c5cc(-c6ccc(-c7ccc8oc9ccccc9c8c7)cc6)ccc5ccc43)ncc2c1. The molecule has 15 aromatic carbocycles. The van der Waals surface area contributed by atoms with Crippen LogP contribution in [0.15, 0.2) is 337 Å². The van der Waals surface area contributed by atoms with Crippen LogP contribution in [0.2, 0.25) is 0 Å². The molecular formula is C90H54N6O2. The average molecular weight is 1250 g/mol. The predicted molar refractivity (Wildman–Crippen MR) is 405 cm³/mol. The predicted octanol–water partition coefficient (Wildman–Crippen LogP) is 23.9. The quantitative estimate of drug-likeness (QED) is 0.158. The number of hydrogen-bond donors (Lipinski definition) is 0. The maximum absolute atomic E-state index is 6.07. The first-order chi connectivity index (χ1) is 48.5. The van der Waals surface area contributed by atoms with E-state index >= 15 is 0 Å². The monoisotopic (exact) mass is 1250 g/mol. The molecule has 0 aliphatic carbocycles.